The second-order valence-corrected chi connectivity index (χ2v) is 4.42. The average molecular weight is 277 g/mol. The number of rotatable bonds is 2. The van der Waals surface area contributed by atoms with Crippen molar-refractivity contribution in [1.29, 1.82) is 10.5 Å². The highest BCUT2D eigenvalue weighted by Gasteiger charge is 2.27. The van der Waals surface area contributed by atoms with E-state index in [2.05, 4.69) is 4.98 Å². The summed E-state index contributed by atoms with van der Waals surface area (Å²) in [5.74, 6) is 0.748. The molecule has 1 aromatic heterocycles. The highest BCUT2D eigenvalue weighted by atomic mass is 16.5. The van der Waals surface area contributed by atoms with Crippen LogP contribution in [0.2, 0.25) is 0 Å². The third-order valence-corrected chi connectivity index (χ3v) is 3.12. The lowest BCUT2D eigenvalue weighted by atomic mass is 9.80. The summed E-state index contributed by atoms with van der Waals surface area (Å²) in [7, 11) is -0.896. The van der Waals surface area contributed by atoms with E-state index in [0.29, 0.717) is 17.8 Å². The highest BCUT2D eigenvalue weighted by molar-refractivity contribution is 6.61. The molecule has 0 amide bonds. The zero-order chi connectivity index (χ0) is 14.8. The van der Waals surface area contributed by atoms with Gasteiger partial charge in [-0.3, -0.25) is 0 Å². The van der Waals surface area contributed by atoms with Gasteiger partial charge in [0, 0.05) is 6.07 Å². The summed E-state index contributed by atoms with van der Waals surface area (Å²) in [4.78, 5) is 3.99. The summed E-state index contributed by atoms with van der Waals surface area (Å²) in [5, 5.41) is 27.4. The Labute approximate surface area is 120 Å². The van der Waals surface area contributed by atoms with Crippen molar-refractivity contribution >= 4 is 12.6 Å². The van der Waals surface area contributed by atoms with Crippen LogP contribution in [-0.4, -0.2) is 17.1 Å². The van der Waals surface area contributed by atoms with Gasteiger partial charge < -0.3 is 14.4 Å². The molecule has 2 heterocycles. The number of hydrogen-bond acceptors (Lipinski definition) is 6. The number of nitriles is 2. The third kappa shape index (κ3) is 2.44. The summed E-state index contributed by atoms with van der Waals surface area (Å²) in [5.41, 5.74) is 1.97. The van der Waals surface area contributed by atoms with Crippen LogP contribution in [0.4, 0.5) is 0 Å². The van der Waals surface area contributed by atoms with E-state index < -0.39 is 7.12 Å². The van der Waals surface area contributed by atoms with Gasteiger partial charge in [-0.2, -0.15) is 10.5 Å². The van der Waals surface area contributed by atoms with Crippen molar-refractivity contribution in [3.05, 3.63) is 47.2 Å². The molecule has 0 saturated carbocycles. The predicted molar refractivity (Wildman–Crippen MR) is 72.6 cm³/mol. The van der Waals surface area contributed by atoms with Crippen molar-refractivity contribution < 1.29 is 14.4 Å². The van der Waals surface area contributed by atoms with E-state index in [1.807, 2.05) is 12.1 Å². The van der Waals surface area contributed by atoms with Crippen molar-refractivity contribution in [3.63, 3.8) is 0 Å². The minimum atomic E-state index is -0.896. The zero-order valence-corrected chi connectivity index (χ0v) is 10.8. The fourth-order valence-corrected chi connectivity index (χ4v) is 2.06. The first-order valence-corrected chi connectivity index (χ1v) is 6.12. The summed E-state index contributed by atoms with van der Waals surface area (Å²) in [6, 6.07) is 10.4. The Balaban J connectivity index is 1.88. The smallest absolute Gasteiger partial charge is 0.439 e. The van der Waals surface area contributed by atoms with E-state index in [9.17, 15) is 5.02 Å². The molecule has 1 aliphatic rings. The van der Waals surface area contributed by atoms with Gasteiger partial charge in [-0.15, -0.1) is 0 Å². The highest BCUT2D eigenvalue weighted by Crippen LogP contribution is 2.23. The number of hydrogen-bond donors (Lipinski definition) is 1. The molecule has 1 aromatic carbocycles. The Morgan fingerprint density at radius 2 is 2.05 bits per heavy atom. The van der Waals surface area contributed by atoms with Crippen LogP contribution in [0, 0.1) is 22.7 Å². The number of nitrogens with zero attached hydrogens (tertiary/aromatic N) is 3. The van der Waals surface area contributed by atoms with Crippen LogP contribution < -0.4 is 10.2 Å². The Morgan fingerprint density at radius 3 is 2.81 bits per heavy atom. The minimum Gasteiger partial charge on any atom is -0.439 e. The molecule has 0 bridgehead atoms. The standard InChI is InChI=1S/C14H8BN3O3/c16-5-9-4-14(18-7-11(9)6-17)21-12-1-2-13-10(3-12)8-20-15(13)19/h1-4,7,19H,8H2. The predicted octanol–water partition coefficient (Wildman–Crippen LogP) is 0.835. The molecule has 0 atom stereocenters. The monoisotopic (exact) mass is 277 g/mol. The molecule has 21 heavy (non-hydrogen) atoms. The van der Waals surface area contributed by atoms with E-state index >= 15 is 0 Å². The average Bonchev–Trinajstić information content (AvgIpc) is 2.88. The Kier molecular flexibility index (Phi) is 3.29. The van der Waals surface area contributed by atoms with Gasteiger partial charge in [0.25, 0.3) is 0 Å². The lowest BCUT2D eigenvalue weighted by Crippen LogP contribution is -2.27. The van der Waals surface area contributed by atoms with Crippen LogP contribution >= 0.6 is 0 Å². The topological polar surface area (TPSA) is 99.2 Å². The lowest BCUT2D eigenvalue weighted by molar-refractivity contribution is 0.275. The number of pyridine rings is 1. The van der Waals surface area contributed by atoms with E-state index in [-0.39, 0.29) is 17.0 Å². The molecule has 1 N–H and O–H groups in total. The van der Waals surface area contributed by atoms with Gasteiger partial charge in [0.05, 0.1) is 23.9 Å². The molecule has 0 spiro atoms. The second-order valence-electron chi connectivity index (χ2n) is 4.42. The van der Waals surface area contributed by atoms with Gasteiger partial charge in [-0.25, -0.2) is 4.98 Å². The van der Waals surface area contributed by atoms with Crippen LogP contribution in [0.15, 0.2) is 30.5 Å². The lowest BCUT2D eigenvalue weighted by Gasteiger charge is -2.07. The maximum absolute atomic E-state index is 9.55. The van der Waals surface area contributed by atoms with Crippen molar-refractivity contribution in [2.24, 2.45) is 0 Å². The maximum atomic E-state index is 9.55. The molecular formula is C14H8BN3O3. The largest absolute Gasteiger partial charge is 0.491 e. The normalized spacial score (nSPS) is 12.4. The van der Waals surface area contributed by atoms with Gasteiger partial charge in [0.1, 0.15) is 17.9 Å². The Bertz CT molecular complexity index is 795. The van der Waals surface area contributed by atoms with Gasteiger partial charge in [0.2, 0.25) is 5.88 Å². The summed E-state index contributed by atoms with van der Waals surface area (Å²) in [6.07, 6.45) is 1.30. The van der Waals surface area contributed by atoms with Crippen LogP contribution in [0.1, 0.15) is 16.7 Å². The molecule has 0 radical (unpaired) electrons. The first-order chi connectivity index (χ1) is 10.2. The molecule has 2 aromatic rings. The minimum absolute atomic E-state index is 0.204. The van der Waals surface area contributed by atoms with Crippen molar-refractivity contribution in [1.82, 2.24) is 4.98 Å². The first-order valence-electron chi connectivity index (χ1n) is 6.12. The van der Waals surface area contributed by atoms with E-state index in [0.717, 1.165) is 5.56 Å². The summed E-state index contributed by atoms with van der Waals surface area (Å²) >= 11 is 0. The third-order valence-electron chi connectivity index (χ3n) is 3.12. The summed E-state index contributed by atoms with van der Waals surface area (Å²) < 4.78 is 10.7. The van der Waals surface area contributed by atoms with Gasteiger partial charge in [-0.05, 0) is 23.2 Å². The number of aromatic nitrogens is 1. The number of ether oxygens (including phenoxy) is 1. The Morgan fingerprint density at radius 1 is 1.24 bits per heavy atom. The SMILES string of the molecule is N#Cc1cnc(Oc2ccc3c(c2)COB3O)cc1C#N. The Hall–Kier alpha value is -2.87. The van der Waals surface area contributed by atoms with Crippen molar-refractivity contribution in [2.45, 2.75) is 6.61 Å². The first kappa shape index (κ1) is 13.1. The fraction of sp³-hybridized carbons (Fsp3) is 0.0714. The number of benzene rings is 1. The molecule has 0 fully saturated rings. The van der Waals surface area contributed by atoms with Crippen molar-refractivity contribution in [2.75, 3.05) is 0 Å². The van der Waals surface area contributed by atoms with Crippen LogP contribution in [-0.2, 0) is 11.3 Å². The fourth-order valence-electron chi connectivity index (χ4n) is 2.06. The van der Waals surface area contributed by atoms with E-state index in [1.165, 1.54) is 12.3 Å². The maximum Gasteiger partial charge on any atom is 0.491 e. The zero-order valence-electron chi connectivity index (χ0n) is 10.8. The molecule has 7 heteroatoms. The van der Waals surface area contributed by atoms with Crippen LogP contribution in [0.25, 0.3) is 0 Å². The van der Waals surface area contributed by atoms with E-state index in [1.54, 1.807) is 18.2 Å². The van der Waals surface area contributed by atoms with Crippen molar-refractivity contribution in [3.8, 4) is 23.8 Å². The van der Waals surface area contributed by atoms with Gasteiger partial charge in [0.15, 0.2) is 0 Å². The molecular weight excluding hydrogens is 269 g/mol. The van der Waals surface area contributed by atoms with Gasteiger partial charge >= 0.3 is 7.12 Å². The van der Waals surface area contributed by atoms with Crippen LogP contribution in [0.3, 0.4) is 0 Å². The van der Waals surface area contributed by atoms with Gasteiger partial charge in [-0.1, -0.05) is 6.07 Å². The second kappa shape index (κ2) is 5.26. The van der Waals surface area contributed by atoms with E-state index in [4.69, 9.17) is 19.9 Å². The molecule has 6 nitrogen and oxygen atoms in total. The molecule has 1 aliphatic heterocycles. The molecule has 0 saturated heterocycles. The summed E-state index contributed by atoms with van der Waals surface area (Å²) in [6.45, 7) is 0.317. The molecule has 0 unspecified atom stereocenters. The molecule has 3 rings (SSSR count). The molecule has 0 aliphatic carbocycles. The molecule has 100 valence electrons. The van der Waals surface area contributed by atoms with Crippen LogP contribution in [0.5, 0.6) is 11.6 Å². The number of fused-ring (bicyclic) bond motifs is 1. The quantitative estimate of drug-likeness (QED) is 0.816.